The molecule has 8 heteroatoms. The molecule has 0 spiro atoms. The van der Waals surface area contributed by atoms with Gasteiger partial charge in [0.2, 0.25) is 0 Å². The van der Waals surface area contributed by atoms with Crippen LogP contribution in [0.4, 0.5) is 15.8 Å². The lowest BCUT2D eigenvalue weighted by Gasteiger charge is -2.10. The van der Waals surface area contributed by atoms with Crippen LogP contribution >= 0.6 is 0 Å². The van der Waals surface area contributed by atoms with Crippen molar-refractivity contribution in [3.63, 3.8) is 0 Å². The summed E-state index contributed by atoms with van der Waals surface area (Å²) in [5.74, 6) is 0.857. The van der Waals surface area contributed by atoms with E-state index < -0.39 is 5.82 Å². The second-order valence-electron chi connectivity index (χ2n) is 9.80. The number of esters is 1. The number of hydrogen-bond donors (Lipinski definition) is 0. The van der Waals surface area contributed by atoms with Gasteiger partial charge >= 0.3 is 5.97 Å². The molecule has 2 aliphatic rings. The monoisotopic (exact) mass is 534 g/mol. The molecule has 2 aromatic rings. The third-order valence-corrected chi connectivity index (χ3v) is 6.61. The zero-order chi connectivity index (χ0) is 27.6. The van der Waals surface area contributed by atoms with Gasteiger partial charge in [0.05, 0.1) is 24.6 Å². The standard InChI is InChI=1S/C31H35FN2O5/c1-21-18-27(38-23(21)3)8-5-7-17-37-30-15-12-25(20-29(30)32)34-33-24-10-13-26(14-11-24)36-16-6-4-9-28-19-22(2)31(35)39-28/h10-15,20,27-28H,1-9,16-19H2. The van der Waals surface area contributed by atoms with Gasteiger partial charge in [-0.1, -0.05) is 19.7 Å². The van der Waals surface area contributed by atoms with Crippen molar-refractivity contribution in [2.75, 3.05) is 13.2 Å². The summed E-state index contributed by atoms with van der Waals surface area (Å²) in [5.41, 5.74) is 2.54. The van der Waals surface area contributed by atoms with Gasteiger partial charge in [0.1, 0.15) is 23.7 Å². The topological polar surface area (TPSA) is 78.7 Å². The Labute approximate surface area is 229 Å². The maximum absolute atomic E-state index is 14.5. The van der Waals surface area contributed by atoms with Gasteiger partial charge in [-0.15, -0.1) is 0 Å². The first-order valence-corrected chi connectivity index (χ1v) is 13.4. The highest BCUT2D eigenvalue weighted by molar-refractivity contribution is 5.89. The zero-order valence-corrected chi connectivity index (χ0v) is 22.2. The molecule has 0 aromatic heterocycles. The molecule has 2 atom stereocenters. The Morgan fingerprint density at radius 2 is 1.41 bits per heavy atom. The van der Waals surface area contributed by atoms with Gasteiger partial charge in [0.25, 0.3) is 0 Å². The summed E-state index contributed by atoms with van der Waals surface area (Å²) in [5, 5.41) is 8.31. The lowest BCUT2D eigenvalue weighted by Crippen LogP contribution is -2.07. The lowest BCUT2D eigenvalue weighted by atomic mass is 10.1. The van der Waals surface area contributed by atoms with Gasteiger partial charge in [-0.05, 0) is 80.5 Å². The van der Waals surface area contributed by atoms with Crippen LogP contribution < -0.4 is 9.47 Å². The molecule has 0 saturated carbocycles. The molecular weight excluding hydrogens is 499 g/mol. The summed E-state index contributed by atoms with van der Waals surface area (Å²) in [7, 11) is 0. The number of halogens is 1. The molecule has 39 heavy (non-hydrogen) atoms. The van der Waals surface area contributed by atoms with E-state index in [0.29, 0.717) is 42.3 Å². The third-order valence-electron chi connectivity index (χ3n) is 6.61. The minimum absolute atomic E-state index is 0.0534. The molecule has 2 aromatic carbocycles. The number of azo groups is 1. The number of allylic oxidation sites excluding steroid dienone is 1. The van der Waals surface area contributed by atoms with Crippen molar-refractivity contribution in [2.24, 2.45) is 10.2 Å². The lowest BCUT2D eigenvalue weighted by molar-refractivity contribution is -0.139. The van der Waals surface area contributed by atoms with Crippen molar-refractivity contribution >= 4 is 17.3 Å². The Morgan fingerprint density at radius 3 is 2.03 bits per heavy atom. The summed E-state index contributed by atoms with van der Waals surface area (Å²) in [6.45, 7) is 12.4. The van der Waals surface area contributed by atoms with E-state index in [1.807, 2.05) is 12.1 Å². The van der Waals surface area contributed by atoms with Crippen LogP contribution in [0.3, 0.4) is 0 Å². The first kappa shape index (κ1) is 28.1. The van der Waals surface area contributed by atoms with Gasteiger partial charge in [-0.3, -0.25) is 0 Å². The summed E-state index contributed by atoms with van der Waals surface area (Å²) < 4.78 is 36.7. The SMILES string of the molecule is C=C1CC(CCCCOc2ccc(N=Nc3ccc(OCCCCC4CC(=C)C(=O)O4)cc3)cc2F)OC1=C. The van der Waals surface area contributed by atoms with Gasteiger partial charge < -0.3 is 18.9 Å². The third kappa shape index (κ3) is 8.53. The van der Waals surface area contributed by atoms with E-state index in [1.165, 1.54) is 6.07 Å². The molecule has 0 amide bonds. The second kappa shape index (κ2) is 13.7. The van der Waals surface area contributed by atoms with Gasteiger partial charge in [-0.2, -0.15) is 10.2 Å². The van der Waals surface area contributed by atoms with E-state index in [-0.39, 0.29) is 23.9 Å². The van der Waals surface area contributed by atoms with Crippen LogP contribution in [0, 0.1) is 5.82 Å². The number of nitrogens with zero attached hydrogens (tertiary/aromatic N) is 2. The van der Waals surface area contributed by atoms with Crippen molar-refractivity contribution in [3.05, 3.63) is 84.9 Å². The highest BCUT2D eigenvalue weighted by Crippen LogP contribution is 2.30. The average Bonchev–Trinajstić information content (AvgIpc) is 3.42. The number of ether oxygens (including phenoxy) is 4. The van der Waals surface area contributed by atoms with Crippen LogP contribution in [0.25, 0.3) is 0 Å². The van der Waals surface area contributed by atoms with Gasteiger partial charge in [-0.25, -0.2) is 9.18 Å². The van der Waals surface area contributed by atoms with E-state index in [2.05, 4.69) is 30.0 Å². The van der Waals surface area contributed by atoms with Crippen LogP contribution in [0.15, 0.2) is 89.3 Å². The molecule has 0 aliphatic carbocycles. The number of carbonyl (C=O) groups excluding carboxylic acids is 1. The Bertz CT molecular complexity index is 1190. The van der Waals surface area contributed by atoms with E-state index in [1.54, 1.807) is 24.3 Å². The van der Waals surface area contributed by atoms with Gasteiger partial charge in [0, 0.05) is 24.5 Å². The Kier molecular flexibility index (Phi) is 9.89. The number of hydrogen-bond acceptors (Lipinski definition) is 7. The van der Waals surface area contributed by atoms with Crippen LogP contribution in [0.5, 0.6) is 11.5 Å². The number of unbranched alkanes of at least 4 members (excludes halogenated alkanes) is 2. The van der Waals surface area contributed by atoms with Crippen LogP contribution in [0.2, 0.25) is 0 Å². The molecule has 2 aliphatic heterocycles. The van der Waals surface area contributed by atoms with Crippen molar-refractivity contribution in [2.45, 2.75) is 63.6 Å². The van der Waals surface area contributed by atoms with Crippen LogP contribution in [-0.4, -0.2) is 31.4 Å². The molecule has 4 rings (SSSR count). The molecule has 2 fully saturated rings. The summed E-state index contributed by atoms with van der Waals surface area (Å²) in [4.78, 5) is 11.4. The minimum atomic E-state index is -0.474. The number of cyclic esters (lactones) is 1. The number of carbonyl (C=O) groups is 1. The fourth-order valence-corrected chi connectivity index (χ4v) is 4.39. The van der Waals surface area contributed by atoms with Crippen LogP contribution in [0.1, 0.15) is 51.4 Å². The molecule has 2 saturated heterocycles. The fraction of sp³-hybridized carbons (Fsp3) is 0.387. The Morgan fingerprint density at radius 1 is 0.795 bits per heavy atom. The average molecular weight is 535 g/mol. The Balaban J connectivity index is 1.12. The first-order chi connectivity index (χ1) is 18.9. The minimum Gasteiger partial charge on any atom is -0.494 e. The normalized spacial score (nSPS) is 19.0. The first-order valence-electron chi connectivity index (χ1n) is 13.4. The summed E-state index contributed by atoms with van der Waals surface area (Å²) in [6.07, 6.45) is 6.71. The molecule has 0 bridgehead atoms. The molecular formula is C31H35FN2O5. The molecule has 2 heterocycles. The van der Waals surface area contributed by atoms with Crippen molar-refractivity contribution < 1.29 is 28.1 Å². The molecule has 7 nitrogen and oxygen atoms in total. The van der Waals surface area contributed by atoms with E-state index in [4.69, 9.17) is 18.9 Å². The molecule has 0 N–H and O–H groups in total. The molecule has 2 unspecified atom stereocenters. The van der Waals surface area contributed by atoms with E-state index >= 15 is 0 Å². The van der Waals surface area contributed by atoms with Crippen molar-refractivity contribution in [1.82, 2.24) is 0 Å². The molecule has 206 valence electrons. The summed E-state index contributed by atoms with van der Waals surface area (Å²) >= 11 is 0. The fourth-order valence-electron chi connectivity index (χ4n) is 4.39. The maximum Gasteiger partial charge on any atom is 0.333 e. The molecule has 0 radical (unpaired) electrons. The highest BCUT2D eigenvalue weighted by Gasteiger charge is 2.26. The van der Waals surface area contributed by atoms with Crippen molar-refractivity contribution in [3.8, 4) is 11.5 Å². The van der Waals surface area contributed by atoms with E-state index in [0.717, 1.165) is 56.3 Å². The smallest absolute Gasteiger partial charge is 0.333 e. The largest absolute Gasteiger partial charge is 0.494 e. The van der Waals surface area contributed by atoms with Crippen molar-refractivity contribution in [1.29, 1.82) is 0 Å². The van der Waals surface area contributed by atoms with Crippen LogP contribution in [-0.2, 0) is 14.3 Å². The predicted molar refractivity (Wildman–Crippen MR) is 147 cm³/mol. The summed E-state index contributed by atoms with van der Waals surface area (Å²) in [6, 6.07) is 11.8. The second-order valence-corrected chi connectivity index (χ2v) is 9.80. The number of rotatable bonds is 14. The number of benzene rings is 2. The predicted octanol–water partition coefficient (Wildman–Crippen LogP) is 8.07. The maximum atomic E-state index is 14.5. The quantitative estimate of drug-likeness (QED) is 0.106. The Hall–Kier alpha value is -3.94. The highest BCUT2D eigenvalue weighted by atomic mass is 19.1. The van der Waals surface area contributed by atoms with E-state index in [9.17, 15) is 9.18 Å². The zero-order valence-electron chi connectivity index (χ0n) is 22.2. The van der Waals surface area contributed by atoms with Gasteiger partial charge in [0.15, 0.2) is 11.6 Å².